The first kappa shape index (κ1) is 17.9. The number of carbonyl (C=O) groups excluding carboxylic acids is 1. The molecule has 1 aromatic heterocycles. The first-order valence-electron chi connectivity index (χ1n) is 6.49. The van der Waals surface area contributed by atoms with Crippen molar-refractivity contribution in [2.45, 2.75) is 0 Å². The van der Waals surface area contributed by atoms with Crippen LogP contribution in [0, 0.1) is 10.7 Å². The first-order chi connectivity index (χ1) is 11.4. The van der Waals surface area contributed by atoms with Crippen molar-refractivity contribution in [2.24, 2.45) is 0 Å². The summed E-state index contributed by atoms with van der Waals surface area (Å²) in [4.78, 5) is 24.3. The highest BCUT2D eigenvalue weighted by Gasteiger charge is 2.20. The fraction of sp³-hybridized carbons (Fsp3) is 0. The van der Waals surface area contributed by atoms with Crippen molar-refractivity contribution in [1.82, 2.24) is 0 Å². The lowest BCUT2D eigenvalue weighted by molar-refractivity contribution is 0.0734. The molecule has 8 heteroatoms. The summed E-state index contributed by atoms with van der Waals surface area (Å²) in [6, 6.07) is 9.12. The van der Waals surface area contributed by atoms with Gasteiger partial charge < -0.3 is 14.3 Å². The quantitative estimate of drug-likeness (QED) is 0.190. The van der Waals surface area contributed by atoms with Gasteiger partial charge >= 0.3 is 11.6 Å². The summed E-state index contributed by atoms with van der Waals surface area (Å²) >= 11 is 6.30. The van der Waals surface area contributed by atoms with Gasteiger partial charge in [-0.3, -0.25) is 0 Å². The van der Waals surface area contributed by atoms with E-state index in [4.69, 9.17) is 9.15 Å². The standard InChI is InChI=1S/C16H7I3O5/c17-9-3-4-10(18)15(19)14(9)16(22)24-12-6-13(21)23-11-5-7(20)1-2-8(11)12/h1-6,20H. The van der Waals surface area contributed by atoms with E-state index >= 15 is 0 Å². The van der Waals surface area contributed by atoms with Crippen LogP contribution in [0.1, 0.15) is 10.4 Å². The third-order valence-corrected chi connectivity index (χ3v) is 7.09. The molecule has 0 amide bonds. The fourth-order valence-corrected chi connectivity index (χ4v) is 4.40. The van der Waals surface area contributed by atoms with Gasteiger partial charge in [0.15, 0.2) is 0 Å². The Bertz CT molecular complexity index is 1030. The highest BCUT2D eigenvalue weighted by molar-refractivity contribution is 14.1. The number of halogens is 3. The minimum atomic E-state index is -0.664. The Hall–Kier alpha value is -0.890. The van der Waals surface area contributed by atoms with Crippen LogP contribution in [0.2, 0.25) is 0 Å². The number of hydrogen-bond acceptors (Lipinski definition) is 5. The SMILES string of the molecule is O=C(Oc1cc(=O)oc2cc(O)ccc12)c1c(I)ccc(I)c1I. The number of esters is 1. The number of hydrogen-bond donors (Lipinski definition) is 1. The van der Waals surface area contributed by atoms with Crippen molar-refractivity contribution in [3.63, 3.8) is 0 Å². The predicted molar refractivity (Wildman–Crippen MR) is 114 cm³/mol. The van der Waals surface area contributed by atoms with Crippen LogP contribution in [0.15, 0.2) is 45.6 Å². The van der Waals surface area contributed by atoms with E-state index in [0.717, 1.165) is 16.8 Å². The van der Waals surface area contributed by atoms with Gasteiger partial charge in [-0.05, 0) is 92.0 Å². The van der Waals surface area contributed by atoms with Crippen LogP contribution >= 0.6 is 67.8 Å². The van der Waals surface area contributed by atoms with Gasteiger partial charge in [0.2, 0.25) is 0 Å². The second kappa shape index (κ2) is 7.15. The Labute approximate surface area is 176 Å². The molecule has 0 saturated heterocycles. The molecule has 5 nitrogen and oxygen atoms in total. The lowest BCUT2D eigenvalue weighted by atomic mass is 10.2. The maximum absolute atomic E-state index is 12.6. The Morgan fingerprint density at radius 1 is 1.04 bits per heavy atom. The predicted octanol–water partition coefficient (Wildman–Crippen LogP) is 4.53. The summed E-state index contributed by atoms with van der Waals surface area (Å²) in [6.07, 6.45) is 0. The van der Waals surface area contributed by atoms with Crippen molar-refractivity contribution in [3.8, 4) is 11.5 Å². The maximum Gasteiger partial charge on any atom is 0.345 e. The largest absolute Gasteiger partial charge is 0.508 e. The second-order valence-corrected chi connectivity index (χ2v) is 8.12. The minimum absolute atomic E-state index is 0.0455. The fourth-order valence-electron chi connectivity index (χ4n) is 2.07. The molecule has 0 fully saturated rings. The number of ether oxygens (including phenoxy) is 1. The molecule has 3 rings (SSSR count). The smallest absolute Gasteiger partial charge is 0.345 e. The number of rotatable bonds is 2. The molecule has 0 atom stereocenters. The van der Waals surface area contributed by atoms with Crippen molar-refractivity contribution in [1.29, 1.82) is 0 Å². The topological polar surface area (TPSA) is 76.7 Å². The highest BCUT2D eigenvalue weighted by atomic mass is 127. The number of carbonyl (C=O) groups is 1. The number of fused-ring (bicyclic) bond motifs is 1. The third kappa shape index (κ3) is 3.54. The van der Waals surface area contributed by atoms with Gasteiger partial charge in [0.05, 0.1) is 17.0 Å². The molecule has 0 aliphatic rings. The van der Waals surface area contributed by atoms with Crippen LogP contribution < -0.4 is 10.4 Å². The molecule has 1 N–H and O–H groups in total. The molecule has 0 aliphatic heterocycles. The van der Waals surface area contributed by atoms with Gasteiger partial charge in [-0.15, -0.1) is 0 Å². The van der Waals surface area contributed by atoms with E-state index in [1.54, 1.807) is 0 Å². The van der Waals surface area contributed by atoms with E-state index < -0.39 is 11.6 Å². The molecule has 0 aliphatic carbocycles. The van der Waals surface area contributed by atoms with Crippen LogP contribution in [-0.2, 0) is 0 Å². The lowest BCUT2D eigenvalue weighted by Gasteiger charge is -2.10. The van der Waals surface area contributed by atoms with Crippen LogP contribution in [-0.4, -0.2) is 11.1 Å². The molecule has 122 valence electrons. The summed E-state index contributed by atoms with van der Waals surface area (Å²) in [5.41, 5.74) is -0.0662. The van der Waals surface area contributed by atoms with Gasteiger partial charge in [-0.25, -0.2) is 9.59 Å². The van der Waals surface area contributed by atoms with Crippen molar-refractivity contribution < 1.29 is 19.1 Å². The van der Waals surface area contributed by atoms with E-state index in [0.29, 0.717) is 10.9 Å². The number of phenolic OH excluding ortho intramolecular Hbond substituents is 1. The Balaban J connectivity index is 2.09. The van der Waals surface area contributed by atoms with Crippen molar-refractivity contribution in [2.75, 3.05) is 0 Å². The number of aromatic hydroxyl groups is 1. The Morgan fingerprint density at radius 3 is 2.50 bits per heavy atom. The average molecular weight is 660 g/mol. The summed E-state index contributed by atoms with van der Waals surface area (Å²) < 4.78 is 13.0. The molecule has 0 unspecified atom stereocenters. The lowest BCUT2D eigenvalue weighted by Crippen LogP contribution is -2.14. The minimum Gasteiger partial charge on any atom is -0.508 e. The van der Waals surface area contributed by atoms with Gasteiger partial charge in [-0.2, -0.15) is 0 Å². The molecule has 0 saturated carbocycles. The monoisotopic (exact) mass is 660 g/mol. The molecule has 0 bridgehead atoms. The Kier molecular flexibility index (Phi) is 5.34. The van der Waals surface area contributed by atoms with E-state index in [-0.39, 0.29) is 17.1 Å². The normalized spacial score (nSPS) is 10.8. The van der Waals surface area contributed by atoms with E-state index in [9.17, 15) is 14.7 Å². The van der Waals surface area contributed by atoms with Gasteiger partial charge in [0, 0.05) is 16.8 Å². The van der Waals surface area contributed by atoms with Gasteiger partial charge in [0.1, 0.15) is 17.1 Å². The van der Waals surface area contributed by atoms with Crippen LogP contribution in [0.5, 0.6) is 11.5 Å². The van der Waals surface area contributed by atoms with Crippen LogP contribution in [0.25, 0.3) is 11.0 Å². The highest BCUT2D eigenvalue weighted by Crippen LogP contribution is 2.29. The number of phenols is 1. The van der Waals surface area contributed by atoms with E-state index in [2.05, 4.69) is 67.8 Å². The molecular formula is C16H7I3O5. The average Bonchev–Trinajstić information content (AvgIpc) is 2.50. The third-order valence-electron chi connectivity index (χ3n) is 3.14. The molecule has 3 aromatic rings. The molecule has 0 radical (unpaired) electrons. The molecule has 2 aromatic carbocycles. The molecular weight excluding hydrogens is 653 g/mol. The molecule has 0 spiro atoms. The van der Waals surface area contributed by atoms with Gasteiger partial charge in [0.25, 0.3) is 0 Å². The summed E-state index contributed by atoms with van der Waals surface area (Å²) in [6.45, 7) is 0. The maximum atomic E-state index is 12.6. The number of benzene rings is 2. The van der Waals surface area contributed by atoms with Crippen molar-refractivity contribution in [3.05, 3.63) is 63.1 Å². The summed E-state index contributed by atoms with van der Waals surface area (Å²) in [5, 5.41) is 9.93. The zero-order valence-corrected chi connectivity index (χ0v) is 18.2. The Morgan fingerprint density at radius 2 is 1.75 bits per heavy atom. The summed E-state index contributed by atoms with van der Waals surface area (Å²) in [7, 11) is 0. The molecule has 24 heavy (non-hydrogen) atoms. The zero-order chi connectivity index (χ0) is 17.4. The van der Waals surface area contributed by atoms with Crippen LogP contribution in [0.4, 0.5) is 0 Å². The van der Waals surface area contributed by atoms with Gasteiger partial charge in [-0.1, -0.05) is 0 Å². The van der Waals surface area contributed by atoms with Crippen LogP contribution in [0.3, 0.4) is 0 Å². The summed E-state index contributed by atoms with van der Waals surface area (Å²) in [5.74, 6) is -0.505. The van der Waals surface area contributed by atoms with E-state index in [1.165, 1.54) is 18.2 Å². The zero-order valence-electron chi connectivity index (χ0n) is 11.7. The van der Waals surface area contributed by atoms with Crippen molar-refractivity contribution >= 4 is 84.7 Å². The van der Waals surface area contributed by atoms with E-state index in [1.807, 2.05) is 12.1 Å². The second-order valence-electron chi connectivity index (χ2n) is 4.72. The first-order valence-corrected chi connectivity index (χ1v) is 9.73. The molecule has 1 heterocycles.